The first-order valence-corrected chi connectivity index (χ1v) is 7.99. The summed E-state index contributed by atoms with van der Waals surface area (Å²) in [6, 6.07) is 11.6. The fraction of sp³-hybridized carbons (Fsp3) is 0.235. The van der Waals surface area contributed by atoms with Crippen LogP contribution in [0.3, 0.4) is 0 Å². The topological polar surface area (TPSA) is 98.1 Å². The summed E-state index contributed by atoms with van der Waals surface area (Å²) in [6.45, 7) is 2.19. The number of nitrogens with one attached hydrogen (secondary N) is 1. The number of halogens is 1. The molecule has 0 radical (unpaired) electrons. The van der Waals surface area contributed by atoms with Crippen LogP contribution in [0.2, 0.25) is 5.02 Å². The molecule has 0 spiro atoms. The summed E-state index contributed by atoms with van der Waals surface area (Å²) in [5.74, 6) is 0.0151. The summed E-state index contributed by atoms with van der Waals surface area (Å²) in [5, 5.41) is 16.0. The molecule has 25 heavy (non-hydrogen) atoms. The average Bonchev–Trinajstić information content (AvgIpc) is 2.60. The third kappa shape index (κ3) is 5.17. The van der Waals surface area contributed by atoms with E-state index in [1.165, 1.54) is 25.3 Å². The number of carbonyl (C=O) groups excluding carboxylic acids is 1. The van der Waals surface area contributed by atoms with Gasteiger partial charge < -0.3 is 15.4 Å². The number of ether oxygens (including phenoxy) is 1. The lowest BCUT2D eigenvalue weighted by Gasteiger charge is -2.12. The van der Waals surface area contributed by atoms with E-state index in [-0.39, 0.29) is 29.9 Å². The summed E-state index contributed by atoms with van der Waals surface area (Å²) in [5.41, 5.74) is 1.36. The van der Waals surface area contributed by atoms with Crippen LogP contribution in [0.15, 0.2) is 42.5 Å². The van der Waals surface area contributed by atoms with E-state index in [1.807, 2.05) is 36.5 Å². The molecule has 0 aliphatic carbocycles. The van der Waals surface area contributed by atoms with E-state index < -0.39 is 4.92 Å². The van der Waals surface area contributed by atoms with Crippen molar-refractivity contribution in [2.45, 2.75) is 13.0 Å². The lowest BCUT2D eigenvalue weighted by atomic mass is 10.1. The van der Waals surface area contributed by atoms with Crippen molar-refractivity contribution in [2.75, 3.05) is 19.0 Å². The van der Waals surface area contributed by atoms with E-state index >= 15 is 0 Å². The number of methoxy groups -OCH3 is 1. The van der Waals surface area contributed by atoms with Gasteiger partial charge in [0, 0.05) is 16.7 Å². The Morgan fingerprint density at radius 2 is 2.00 bits per heavy atom. The smallest absolute Gasteiger partial charge is 0.279 e. The summed E-state index contributed by atoms with van der Waals surface area (Å²) >= 11 is 5.87. The lowest BCUT2D eigenvalue weighted by molar-refractivity contribution is -0.682. The minimum absolute atomic E-state index is 0.0850. The number of anilines is 1. The van der Waals surface area contributed by atoms with Crippen LogP contribution in [0.1, 0.15) is 18.5 Å². The number of nitrogens with two attached hydrogens (primary N) is 1. The second kappa shape index (κ2) is 8.46. The maximum atomic E-state index is 12.1. The van der Waals surface area contributed by atoms with Crippen LogP contribution in [0.4, 0.5) is 11.4 Å². The van der Waals surface area contributed by atoms with Crippen molar-refractivity contribution in [2.24, 2.45) is 0 Å². The Hall–Kier alpha value is -2.64. The Morgan fingerprint density at radius 3 is 2.60 bits per heavy atom. The van der Waals surface area contributed by atoms with Gasteiger partial charge in [-0.1, -0.05) is 23.7 Å². The zero-order chi connectivity index (χ0) is 18.4. The normalized spacial score (nSPS) is 11.6. The molecule has 2 rings (SSSR count). The van der Waals surface area contributed by atoms with Crippen LogP contribution >= 0.6 is 11.6 Å². The van der Waals surface area contributed by atoms with Crippen molar-refractivity contribution in [3.63, 3.8) is 0 Å². The predicted molar refractivity (Wildman–Crippen MR) is 94.9 cm³/mol. The number of hydrogen-bond donors (Lipinski definition) is 2. The highest BCUT2D eigenvalue weighted by Gasteiger charge is 2.15. The molecular weight excluding hydrogens is 346 g/mol. The molecule has 1 amide bonds. The van der Waals surface area contributed by atoms with E-state index in [0.717, 1.165) is 5.56 Å². The van der Waals surface area contributed by atoms with Gasteiger partial charge in [-0.2, -0.15) is 0 Å². The lowest BCUT2D eigenvalue weighted by Crippen LogP contribution is -2.86. The third-order valence-electron chi connectivity index (χ3n) is 3.72. The number of hydrogen-bond acceptors (Lipinski definition) is 4. The van der Waals surface area contributed by atoms with Crippen molar-refractivity contribution in [3.8, 4) is 5.75 Å². The third-order valence-corrected chi connectivity index (χ3v) is 3.97. The van der Waals surface area contributed by atoms with Crippen molar-refractivity contribution < 1.29 is 19.8 Å². The molecule has 2 aromatic rings. The van der Waals surface area contributed by atoms with E-state index in [1.54, 1.807) is 0 Å². The first-order valence-electron chi connectivity index (χ1n) is 7.61. The van der Waals surface area contributed by atoms with Gasteiger partial charge in [0.15, 0.2) is 6.54 Å². The van der Waals surface area contributed by atoms with Gasteiger partial charge in [0.25, 0.3) is 11.6 Å². The Labute approximate surface area is 150 Å². The Balaban J connectivity index is 1.96. The minimum Gasteiger partial charge on any atom is -0.494 e. The number of quaternary nitrogens is 1. The number of carbonyl (C=O) groups is 1. The summed E-state index contributed by atoms with van der Waals surface area (Å²) in [7, 11) is 1.39. The SMILES string of the molecule is COc1cc([N+](=O)[O-])ccc1NC(=O)C[NH2+][C@@H](C)c1ccc(Cl)cc1. The quantitative estimate of drug-likeness (QED) is 0.582. The Bertz CT molecular complexity index is 765. The average molecular weight is 365 g/mol. The van der Waals surface area contributed by atoms with Crippen LogP contribution in [0.25, 0.3) is 0 Å². The summed E-state index contributed by atoms with van der Waals surface area (Å²) in [6.07, 6.45) is 0. The van der Waals surface area contributed by atoms with Crippen LogP contribution < -0.4 is 15.4 Å². The number of non-ortho nitro benzene ring substituents is 1. The molecule has 0 saturated heterocycles. The zero-order valence-electron chi connectivity index (χ0n) is 13.9. The molecule has 1 atom stereocenters. The van der Waals surface area contributed by atoms with Gasteiger partial charge in [-0.3, -0.25) is 14.9 Å². The first kappa shape index (κ1) is 18.7. The maximum Gasteiger partial charge on any atom is 0.279 e. The van der Waals surface area contributed by atoms with Crippen LogP contribution in [-0.4, -0.2) is 24.5 Å². The van der Waals surface area contributed by atoms with Gasteiger partial charge in [0.1, 0.15) is 11.8 Å². The second-order valence-corrected chi connectivity index (χ2v) is 5.91. The van der Waals surface area contributed by atoms with E-state index in [0.29, 0.717) is 10.7 Å². The molecular formula is C17H19ClN3O4+. The summed E-state index contributed by atoms with van der Waals surface area (Å²) < 4.78 is 5.10. The molecule has 0 unspecified atom stereocenters. The Morgan fingerprint density at radius 1 is 1.32 bits per heavy atom. The van der Waals surface area contributed by atoms with Gasteiger partial charge >= 0.3 is 0 Å². The molecule has 0 saturated carbocycles. The molecule has 2 aromatic carbocycles. The summed E-state index contributed by atoms with van der Waals surface area (Å²) in [4.78, 5) is 22.4. The maximum absolute atomic E-state index is 12.1. The highest BCUT2D eigenvalue weighted by molar-refractivity contribution is 6.30. The van der Waals surface area contributed by atoms with Crippen molar-refractivity contribution in [1.29, 1.82) is 0 Å². The van der Waals surface area contributed by atoms with Crippen molar-refractivity contribution in [3.05, 3.63) is 63.2 Å². The fourth-order valence-corrected chi connectivity index (χ4v) is 2.41. The monoisotopic (exact) mass is 364 g/mol. The van der Waals surface area contributed by atoms with E-state index in [9.17, 15) is 14.9 Å². The predicted octanol–water partition coefficient (Wildman–Crippen LogP) is 2.52. The highest BCUT2D eigenvalue weighted by atomic mass is 35.5. The molecule has 0 aliphatic heterocycles. The molecule has 0 heterocycles. The van der Waals surface area contributed by atoms with Gasteiger partial charge in [0.05, 0.1) is 23.8 Å². The van der Waals surface area contributed by atoms with Gasteiger partial charge in [-0.25, -0.2) is 0 Å². The van der Waals surface area contributed by atoms with Crippen LogP contribution in [0.5, 0.6) is 5.75 Å². The van der Waals surface area contributed by atoms with E-state index in [4.69, 9.17) is 16.3 Å². The molecule has 0 aromatic heterocycles. The number of benzene rings is 2. The van der Waals surface area contributed by atoms with Crippen molar-refractivity contribution in [1.82, 2.24) is 0 Å². The molecule has 0 fully saturated rings. The molecule has 0 aliphatic rings. The number of nitrogens with zero attached hydrogens (tertiary/aromatic N) is 1. The zero-order valence-corrected chi connectivity index (χ0v) is 14.6. The molecule has 8 heteroatoms. The largest absolute Gasteiger partial charge is 0.494 e. The van der Waals surface area contributed by atoms with Gasteiger partial charge in [-0.15, -0.1) is 0 Å². The van der Waals surface area contributed by atoms with Crippen LogP contribution in [0, 0.1) is 10.1 Å². The number of amides is 1. The van der Waals surface area contributed by atoms with Crippen LogP contribution in [-0.2, 0) is 4.79 Å². The standard InChI is InChI=1S/C17H18ClN3O4/c1-11(12-3-5-13(18)6-4-12)19-10-17(22)20-15-8-7-14(21(23)24)9-16(15)25-2/h3-9,11,19H,10H2,1-2H3,(H,20,22)/p+1/t11-/m0/s1. The first-order chi connectivity index (χ1) is 11.9. The fourth-order valence-electron chi connectivity index (χ4n) is 2.28. The number of nitro benzene ring substituents is 1. The van der Waals surface area contributed by atoms with Gasteiger partial charge in [-0.05, 0) is 25.1 Å². The minimum atomic E-state index is -0.518. The molecule has 0 bridgehead atoms. The second-order valence-electron chi connectivity index (χ2n) is 5.47. The van der Waals surface area contributed by atoms with Gasteiger partial charge in [0.2, 0.25) is 0 Å². The highest BCUT2D eigenvalue weighted by Crippen LogP contribution is 2.28. The number of nitro groups is 1. The molecule has 7 nitrogen and oxygen atoms in total. The number of rotatable bonds is 7. The van der Waals surface area contributed by atoms with Crippen molar-refractivity contribution >= 4 is 28.9 Å². The Kier molecular flexibility index (Phi) is 6.32. The molecule has 132 valence electrons. The molecule has 3 N–H and O–H groups in total. The van der Waals surface area contributed by atoms with E-state index in [2.05, 4.69) is 5.32 Å².